The highest BCUT2D eigenvalue weighted by molar-refractivity contribution is 6.30. The Morgan fingerprint density at radius 1 is 1.07 bits per heavy atom. The fraction of sp³-hybridized carbons (Fsp3) is 0.105. The van der Waals surface area contributed by atoms with Crippen LogP contribution in [0.2, 0.25) is 10.0 Å². The van der Waals surface area contributed by atoms with Crippen LogP contribution in [0.3, 0.4) is 0 Å². The summed E-state index contributed by atoms with van der Waals surface area (Å²) < 4.78 is 6.73. The number of halogens is 2. The van der Waals surface area contributed by atoms with Crippen molar-refractivity contribution in [2.75, 3.05) is 12.4 Å². The number of aromatic nitrogens is 3. The van der Waals surface area contributed by atoms with Gasteiger partial charge in [0.2, 0.25) is 5.95 Å². The number of hydrogen-bond acceptors (Lipinski definition) is 5. The second kappa shape index (κ2) is 7.06. The van der Waals surface area contributed by atoms with Gasteiger partial charge in [-0.2, -0.15) is 10.1 Å². The van der Waals surface area contributed by atoms with E-state index >= 15 is 0 Å². The van der Waals surface area contributed by atoms with Crippen molar-refractivity contribution in [2.45, 2.75) is 6.04 Å². The first-order valence-electron chi connectivity index (χ1n) is 8.09. The minimum Gasteiger partial charge on any atom is -0.466 e. The van der Waals surface area contributed by atoms with Gasteiger partial charge in [0.15, 0.2) is 0 Å². The number of carbonyl (C=O) groups excluding carboxylic acids is 1. The molecule has 27 heavy (non-hydrogen) atoms. The molecule has 0 radical (unpaired) electrons. The summed E-state index contributed by atoms with van der Waals surface area (Å²) in [6.45, 7) is 0. The summed E-state index contributed by atoms with van der Waals surface area (Å²) >= 11 is 12.0. The maximum absolute atomic E-state index is 12.8. The molecule has 3 aromatic rings. The normalized spacial score (nSPS) is 15.9. The molecule has 2 heterocycles. The van der Waals surface area contributed by atoms with E-state index in [-0.39, 0.29) is 0 Å². The number of benzene rings is 2. The number of nitrogens with one attached hydrogen (secondary N) is 1. The van der Waals surface area contributed by atoms with Crippen molar-refractivity contribution in [1.29, 1.82) is 0 Å². The van der Waals surface area contributed by atoms with Gasteiger partial charge in [-0.1, -0.05) is 47.5 Å². The largest absolute Gasteiger partial charge is 0.466 e. The Morgan fingerprint density at radius 3 is 2.33 bits per heavy atom. The van der Waals surface area contributed by atoms with Crippen LogP contribution in [-0.2, 0) is 9.53 Å². The van der Waals surface area contributed by atoms with Crippen molar-refractivity contribution >= 4 is 40.8 Å². The third kappa shape index (κ3) is 3.18. The van der Waals surface area contributed by atoms with Crippen molar-refractivity contribution in [3.05, 3.63) is 81.6 Å². The van der Waals surface area contributed by atoms with E-state index in [2.05, 4.69) is 15.4 Å². The van der Waals surface area contributed by atoms with Crippen LogP contribution >= 0.6 is 23.2 Å². The quantitative estimate of drug-likeness (QED) is 0.667. The Labute approximate surface area is 165 Å². The molecule has 0 fully saturated rings. The van der Waals surface area contributed by atoms with Crippen LogP contribution in [0.4, 0.5) is 5.95 Å². The second-order valence-corrected chi connectivity index (χ2v) is 6.77. The molecular weight excluding hydrogens is 387 g/mol. The molecular formula is C19H14Cl2N4O2. The Bertz CT molecular complexity index is 1030. The zero-order valence-corrected chi connectivity index (χ0v) is 15.7. The average Bonchev–Trinajstić information content (AvgIpc) is 3.15. The van der Waals surface area contributed by atoms with Crippen LogP contribution in [0.15, 0.2) is 60.4 Å². The van der Waals surface area contributed by atoms with Gasteiger partial charge in [-0.05, 0) is 35.4 Å². The Hall–Kier alpha value is -2.83. The summed E-state index contributed by atoms with van der Waals surface area (Å²) in [7, 11) is 1.35. The van der Waals surface area contributed by atoms with Gasteiger partial charge in [-0.15, -0.1) is 0 Å². The van der Waals surface area contributed by atoms with Gasteiger partial charge in [0.05, 0.1) is 18.4 Å². The standard InChI is InChI=1S/C19H14Cl2N4O2/c1-27-18(26)15-16(11-2-6-13(20)7-3-11)24-19-22-10-23-25(19)17(15)12-4-8-14(21)9-5-12/h2-10,17H,1H3,(H,22,23,24)/t17-/m1/s1. The van der Waals surface area contributed by atoms with E-state index in [0.717, 1.165) is 11.1 Å². The molecule has 0 bridgehead atoms. The predicted molar refractivity (Wildman–Crippen MR) is 104 cm³/mol. The number of fused-ring (bicyclic) bond motifs is 1. The summed E-state index contributed by atoms with van der Waals surface area (Å²) in [4.78, 5) is 17.0. The van der Waals surface area contributed by atoms with Crippen molar-refractivity contribution in [1.82, 2.24) is 14.8 Å². The first-order valence-corrected chi connectivity index (χ1v) is 8.84. The van der Waals surface area contributed by atoms with E-state index in [1.807, 2.05) is 24.3 Å². The van der Waals surface area contributed by atoms with Crippen molar-refractivity contribution in [2.24, 2.45) is 0 Å². The van der Waals surface area contributed by atoms with Gasteiger partial charge >= 0.3 is 5.97 Å². The van der Waals surface area contributed by atoms with Crippen molar-refractivity contribution in [3.8, 4) is 0 Å². The molecule has 6 nitrogen and oxygen atoms in total. The third-order valence-corrected chi connectivity index (χ3v) is 4.83. The van der Waals surface area contributed by atoms with E-state index in [4.69, 9.17) is 27.9 Å². The van der Waals surface area contributed by atoms with Crippen LogP contribution in [0.25, 0.3) is 5.70 Å². The molecule has 2 aromatic carbocycles. The lowest BCUT2D eigenvalue weighted by Crippen LogP contribution is -2.29. The lowest BCUT2D eigenvalue weighted by Gasteiger charge is -2.29. The number of carbonyl (C=O) groups is 1. The van der Waals surface area contributed by atoms with Crippen molar-refractivity contribution in [3.63, 3.8) is 0 Å². The number of anilines is 1. The van der Waals surface area contributed by atoms with E-state index in [1.165, 1.54) is 13.4 Å². The molecule has 0 amide bonds. The summed E-state index contributed by atoms with van der Waals surface area (Å²) in [5.74, 6) is 0.0566. The van der Waals surface area contributed by atoms with Gasteiger partial charge < -0.3 is 10.1 Å². The third-order valence-electron chi connectivity index (χ3n) is 4.32. The topological polar surface area (TPSA) is 69.0 Å². The number of nitrogens with zero attached hydrogens (tertiary/aromatic N) is 3. The smallest absolute Gasteiger partial charge is 0.338 e. The highest BCUT2D eigenvalue weighted by atomic mass is 35.5. The van der Waals surface area contributed by atoms with Crippen LogP contribution in [0.5, 0.6) is 0 Å². The fourth-order valence-corrected chi connectivity index (χ4v) is 3.34. The molecule has 1 aliphatic rings. The Morgan fingerprint density at radius 2 is 1.70 bits per heavy atom. The fourth-order valence-electron chi connectivity index (χ4n) is 3.09. The SMILES string of the molecule is COC(=O)C1=C(c2ccc(Cl)cc2)Nc2ncnn2[C@@H]1c1ccc(Cl)cc1. The number of methoxy groups -OCH3 is 1. The molecule has 0 saturated carbocycles. The number of esters is 1. The van der Waals surface area contributed by atoms with Crippen molar-refractivity contribution < 1.29 is 9.53 Å². The average molecular weight is 401 g/mol. The lowest BCUT2D eigenvalue weighted by atomic mass is 9.93. The lowest BCUT2D eigenvalue weighted by molar-refractivity contribution is -0.136. The van der Waals surface area contributed by atoms with E-state index < -0.39 is 12.0 Å². The zero-order valence-electron chi connectivity index (χ0n) is 14.2. The zero-order chi connectivity index (χ0) is 19.0. The number of rotatable bonds is 3. The van der Waals surface area contributed by atoms with Gasteiger partial charge in [0, 0.05) is 10.0 Å². The van der Waals surface area contributed by atoms with Crippen LogP contribution in [-0.4, -0.2) is 27.8 Å². The molecule has 1 atom stereocenters. The predicted octanol–water partition coefficient (Wildman–Crippen LogP) is 4.18. The molecule has 0 aliphatic carbocycles. The minimum atomic E-state index is -0.515. The Kier molecular flexibility index (Phi) is 4.59. The molecule has 0 saturated heterocycles. The minimum absolute atomic E-state index is 0.417. The van der Waals surface area contributed by atoms with Crippen LogP contribution < -0.4 is 5.32 Å². The highest BCUT2D eigenvalue weighted by Crippen LogP contribution is 2.39. The van der Waals surface area contributed by atoms with Crippen LogP contribution in [0.1, 0.15) is 17.2 Å². The molecule has 1 aromatic heterocycles. The molecule has 0 spiro atoms. The monoisotopic (exact) mass is 400 g/mol. The molecule has 4 rings (SSSR count). The summed E-state index contributed by atoms with van der Waals surface area (Å²) in [5.41, 5.74) is 2.63. The molecule has 8 heteroatoms. The first-order chi connectivity index (χ1) is 13.1. The van der Waals surface area contributed by atoms with E-state index in [1.54, 1.807) is 28.9 Å². The van der Waals surface area contributed by atoms with Gasteiger partial charge in [0.25, 0.3) is 0 Å². The van der Waals surface area contributed by atoms with Gasteiger partial charge in [0.1, 0.15) is 12.4 Å². The number of ether oxygens (including phenoxy) is 1. The molecule has 1 aliphatic heterocycles. The van der Waals surface area contributed by atoms with Gasteiger partial charge in [-0.3, -0.25) is 0 Å². The highest BCUT2D eigenvalue weighted by Gasteiger charge is 2.35. The maximum Gasteiger partial charge on any atom is 0.338 e. The van der Waals surface area contributed by atoms with Gasteiger partial charge in [-0.25, -0.2) is 9.48 Å². The maximum atomic E-state index is 12.8. The second-order valence-electron chi connectivity index (χ2n) is 5.89. The number of hydrogen-bond donors (Lipinski definition) is 1. The summed E-state index contributed by atoms with van der Waals surface area (Å²) in [6.07, 6.45) is 1.44. The molecule has 1 N–H and O–H groups in total. The van der Waals surface area contributed by atoms with Crippen LogP contribution in [0, 0.1) is 0 Å². The Balaban J connectivity index is 1.96. The molecule has 0 unspecified atom stereocenters. The first kappa shape index (κ1) is 17.6. The summed E-state index contributed by atoms with van der Waals surface area (Å²) in [6, 6.07) is 13.9. The molecule has 136 valence electrons. The summed E-state index contributed by atoms with van der Waals surface area (Å²) in [5, 5.41) is 8.69. The van der Waals surface area contributed by atoms with E-state index in [0.29, 0.717) is 27.3 Å². The van der Waals surface area contributed by atoms with E-state index in [9.17, 15) is 4.79 Å².